The lowest BCUT2D eigenvalue weighted by atomic mass is 10.2. The lowest BCUT2D eigenvalue weighted by Crippen LogP contribution is -2.43. The largest absolute Gasteiger partial charge is 0.468 e. The van der Waals surface area contributed by atoms with Gasteiger partial charge < -0.3 is 15.4 Å². The number of esters is 1. The molecule has 1 unspecified atom stereocenters. The minimum Gasteiger partial charge on any atom is -0.468 e. The van der Waals surface area contributed by atoms with Crippen molar-refractivity contribution in [3.63, 3.8) is 0 Å². The highest BCUT2D eigenvalue weighted by Gasteiger charge is 2.20. The third kappa shape index (κ3) is 3.71. The van der Waals surface area contributed by atoms with Crippen molar-refractivity contribution in [2.24, 2.45) is 5.73 Å². The molecule has 1 saturated heterocycles. The van der Waals surface area contributed by atoms with E-state index < -0.39 is 12.0 Å². The average molecular weight is 232 g/mol. The molecule has 5 nitrogen and oxygen atoms in total. The van der Waals surface area contributed by atoms with Gasteiger partial charge >= 0.3 is 5.97 Å². The fraction of sp³-hybridized carbons (Fsp3) is 0.778. The molecule has 1 atom stereocenters. The normalized spacial score (nSPS) is 16.8. The molecule has 0 aromatic carbocycles. The molecule has 0 aliphatic carbocycles. The van der Waals surface area contributed by atoms with Gasteiger partial charge in [0.15, 0.2) is 0 Å². The molecule has 1 heterocycles. The molecule has 1 rings (SSSR count). The molecule has 0 aromatic rings. The third-order valence-corrected chi connectivity index (χ3v) is 3.28. The quantitative estimate of drug-likeness (QED) is 0.644. The molecule has 86 valence electrons. The summed E-state index contributed by atoms with van der Waals surface area (Å²) in [6.07, 6.45) is 1.10. The van der Waals surface area contributed by atoms with Gasteiger partial charge in [0.25, 0.3) is 0 Å². The molecular weight excluding hydrogens is 216 g/mol. The first-order valence-corrected chi connectivity index (χ1v) is 5.99. The van der Waals surface area contributed by atoms with Gasteiger partial charge in [0, 0.05) is 18.8 Å². The van der Waals surface area contributed by atoms with Gasteiger partial charge in [0.1, 0.15) is 6.04 Å². The number of rotatable bonds is 5. The van der Waals surface area contributed by atoms with E-state index in [-0.39, 0.29) is 5.91 Å². The zero-order valence-corrected chi connectivity index (χ0v) is 9.59. The van der Waals surface area contributed by atoms with Gasteiger partial charge in [0.2, 0.25) is 5.91 Å². The van der Waals surface area contributed by atoms with Crippen LogP contribution in [0.15, 0.2) is 0 Å². The number of nitrogens with two attached hydrogens (primary N) is 1. The first kappa shape index (κ1) is 12.3. The highest BCUT2D eigenvalue weighted by atomic mass is 32.2. The predicted molar refractivity (Wildman–Crippen MR) is 58.5 cm³/mol. The zero-order valence-electron chi connectivity index (χ0n) is 8.77. The van der Waals surface area contributed by atoms with E-state index in [1.165, 1.54) is 18.9 Å². The van der Waals surface area contributed by atoms with Crippen molar-refractivity contribution in [1.29, 1.82) is 0 Å². The van der Waals surface area contributed by atoms with Gasteiger partial charge in [-0.15, -0.1) is 11.8 Å². The van der Waals surface area contributed by atoms with Gasteiger partial charge in [-0.1, -0.05) is 0 Å². The molecule has 0 saturated carbocycles. The van der Waals surface area contributed by atoms with Gasteiger partial charge in [0.05, 0.1) is 12.9 Å². The fourth-order valence-corrected chi connectivity index (χ4v) is 2.01. The highest BCUT2D eigenvalue weighted by Crippen LogP contribution is 2.10. The Labute approximate surface area is 93.3 Å². The van der Waals surface area contributed by atoms with E-state index in [4.69, 9.17) is 5.73 Å². The minimum absolute atomic E-state index is 0.128. The number of amides is 1. The predicted octanol–water partition coefficient (Wildman–Crippen LogP) is -0.548. The molecule has 1 aliphatic rings. The second-order valence-corrected chi connectivity index (χ2v) is 4.41. The maximum atomic E-state index is 11.4. The van der Waals surface area contributed by atoms with Crippen molar-refractivity contribution < 1.29 is 14.3 Å². The molecule has 15 heavy (non-hydrogen) atoms. The summed E-state index contributed by atoms with van der Waals surface area (Å²) < 4.78 is 4.48. The van der Waals surface area contributed by atoms with Crippen molar-refractivity contribution in [1.82, 2.24) is 4.90 Å². The number of thioether (sulfide) groups is 1. The molecule has 2 N–H and O–H groups in total. The smallest absolute Gasteiger partial charge is 0.323 e. The Balaban J connectivity index is 2.09. The number of ether oxygens (including phenoxy) is 1. The number of likely N-dealkylation sites (tertiary alicyclic amines) is 1. The van der Waals surface area contributed by atoms with Crippen LogP contribution in [0.4, 0.5) is 0 Å². The van der Waals surface area contributed by atoms with Crippen molar-refractivity contribution in [2.75, 3.05) is 31.7 Å². The van der Waals surface area contributed by atoms with Crippen molar-refractivity contribution in [3.8, 4) is 0 Å². The maximum Gasteiger partial charge on any atom is 0.323 e. The standard InChI is InChI=1S/C9H16N2O3S/c1-14-9(13)7(10)5-15-6-8(12)11-3-2-4-11/h7H,2-6,10H2,1H3. The second kappa shape index (κ2) is 5.97. The Kier molecular flexibility index (Phi) is 4.90. The second-order valence-electron chi connectivity index (χ2n) is 3.38. The van der Waals surface area contributed by atoms with Crippen molar-refractivity contribution in [2.45, 2.75) is 12.5 Å². The van der Waals surface area contributed by atoms with Crippen LogP contribution < -0.4 is 5.73 Å². The lowest BCUT2D eigenvalue weighted by Gasteiger charge is -2.30. The number of hydrogen-bond donors (Lipinski definition) is 1. The molecule has 1 fully saturated rings. The van der Waals surface area contributed by atoms with Gasteiger partial charge in [-0.25, -0.2) is 0 Å². The van der Waals surface area contributed by atoms with Crippen molar-refractivity contribution in [3.05, 3.63) is 0 Å². The van der Waals surface area contributed by atoms with Crippen LogP contribution in [0.25, 0.3) is 0 Å². The van der Waals surface area contributed by atoms with Crippen LogP contribution in [0.2, 0.25) is 0 Å². The van der Waals surface area contributed by atoms with E-state index in [0.717, 1.165) is 19.5 Å². The molecule has 1 amide bonds. The molecule has 6 heteroatoms. The van der Waals surface area contributed by atoms with Gasteiger partial charge in [-0.2, -0.15) is 0 Å². The average Bonchev–Trinajstić information content (AvgIpc) is 2.13. The van der Waals surface area contributed by atoms with Gasteiger partial charge in [-0.05, 0) is 6.42 Å². The van der Waals surface area contributed by atoms with E-state index in [1.807, 2.05) is 0 Å². The molecular formula is C9H16N2O3S. The van der Waals surface area contributed by atoms with E-state index in [2.05, 4.69) is 4.74 Å². The number of carbonyl (C=O) groups excluding carboxylic acids is 2. The summed E-state index contributed by atoms with van der Waals surface area (Å²) >= 11 is 1.37. The Bertz CT molecular complexity index is 244. The van der Waals surface area contributed by atoms with Crippen LogP contribution in [-0.4, -0.2) is 54.5 Å². The molecule has 1 aliphatic heterocycles. The number of carbonyl (C=O) groups is 2. The van der Waals surface area contributed by atoms with Crippen LogP contribution in [-0.2, 0) is 14.3 Å². The minimum atomic E-state index is -0.635. The highest BCUT2D eigenvalue weighted by molar-refractivity contribution is 8.00. The molecule has 0 radical (unpaired) electrons. The van der Waals surface area contributed by atoms with Crippen LogP contribution in [0.5, 0.6) is 0 Å². The number of nitrogens with zero attached hydrogens (tertiary/aromatic N) is 1. The Morgan fingerprint density at radius 3 is 2.67 bits per heavy atom. The summed E-state index contributed by atoms with van der Waals surface area (Å²) in [4.78, 5) is 24.1. The Morgan fingerprint density at radius 2 is 2.20 bits per heavy atom. The topological polar surface area (TPSA) is 72.6 Å². The first-order valence-electron chi connectivity index (χ1n) is 4.84. The monoisotopic (exact) mass is 232 g/mol. The molecule has 0 spiro atoms. The zero-order chi connectivity index (χ0) is 11.3. The summed E-state index contributed by atoms with van der Waals surface area (Å²) in [5, 5.41) is 0. The Morgan fingerprint density at radius 1 is 1.53 bits per heavy atom. The van der Waals surface area contributed by atoms with E-state index in [0.29, 0.717) is 11.5 Å². The summed E-state index contributed by atoms with van der Waals surface area (Å²) in [6, 6.07) is -0.635. The van der Waals surface area contributed by atoms with Crippen LogP contribution in [0, 0.1) is 0 Å². The summed E-state index contributed by atoms with van der Waals surface area (Å²) in [6.45, 7) is 1.73. The Hall–Kier alpha value is -0.750. The van der Waals surface area contributed by atoms with Gasteiger partial charge in [-0.3, -0.25) is 9.59 Å². The van der Waals surface area contributed by atoms with Crippen LogP contribution in [0.3, 0.4) is 0 Å². The van der Waals surface area contributed by atoms with Crippen LogP contribution in [0.1, 0.15) is 6.42 Å². The molecule has 0 aromatic heterocycles. The van der Waals surface area contributed by atoms with E-state index in [9.17, 15) is 9.59 Å². The van der Waals surface area contributed by atoms with Crippen molar-refractivity contribution >= 4 is 23.6 Å². The number of hydrogen-bond acceptors (Lipinski definition) is 5. The summed E-state index contributed by atoms with van der Waals surface area (Å²) in [5.74, 6) is 0.513. The fourth-order valence-electron chi connectivity index (χ4n) is 1.15. The summed E-state index contributed by atoms with van der Waals surface area (Å²) in [5.41, 5.74) is 5.52. The van der Waals surface area contributed by atoms with Crippen LogP contribution >= 0.6 is 11.8 Å². The first-order chi connectivity index (χ1) is 7.15. The van der Waals surface area contributed by atoms with E-state index in [1.54, 1.807) is 4.90 Å². The molecule has 0 bridgehead atoms. The number of methoxy groups -OCH3 is 1. The van der Waals surface area contributed by atoms with E-state index >= 15 is 0 Å². The lowest BCUT2D eigenvalue weighted by molar-refractivity contribution is -0.141. The maximum absolute atomic E-state index is 11.4. The summed E-state index contributed by atoms with van der Waals surface area (Å²) in [7, 11) is 1.30. The SMILES string of the molecule is COC(=O)C(N)CSCC(=O)N1CCC1. The third-order valence-electron chi connectivity index (χ3n) is 2.24.